The molecule has 1 saturated carbocycles. The second-order valence-corrected chi connectivity index (χ2v) is 6.05. The average Bonchev–Trinajstić information content (AvgIpc) is 2.89. The summed E-state index contributed by atoms with van der Waals surface area (Å²) in [5, 5.41) is 19.5. The van der Waals surface area contributed by atoms with Crippen LogP contribution in [-0.4, -0.2) is 46.8 Å². The molecular formula is C16H21NO3S. The van der Waals surface area contributed by atoms with Crippen molar-refractivity contribution in [2.45, 2.75) is 38.1 Å². The molecule has 0 aromatic carbocycles. The molecule has 2 N–H and O–H groups in total. The smallest absolute Gasteiger partial charge is 0.254 e. The number of thiophene rings is 1. The van der Waals surface area contributed by atoms with Gasteiger partial charge < -0.3 is 15.1 Å². The molecule has 1 aliphatic carbocycles. The maximum absolute atomic E-state index is 12.6. The minimum atomic E-state index is 0.0413. The molecule has 1 amide bonds. The van der Waals surface area contributed by atoms with Crippen LogP contribution in [-0.2, 0) is 0 Å². The van der Waals surface area contributed by atoms with Gasteiger partial charge >= 0.3 is 0 Å². The first-order valence-electron chi connectivity index (χ1n) is 7.36. The van der Waals surface area contributed by atoms with Crippen LogP contribution in [0, 0.1) is 11.8 Å². The Morgan fingerprint density at radius 1 is 1.38 bits per heavy atom. The fourth-order valence-electron chi connectivity index (χ4n) is 2.27. The van der Waals surface area contributed by atoms with Gasteiger partial charge in [0.05, 0.1) is 17.0 Å². The number of aliphatic hydroxyl groups is 2. The normalized spacial score (nSPS) is 14.2. The third-order valence-corrected chi connectivity index (χ3v) is 4.47. The van der Waals surface area contributed by atoms with Crippen LogP contribution >= 0.6 is 11.3 Å². The van der Waals surface area contributed by atoms with Gasteiger partial charge in [-0.15, -0.1) is 11.3 Å². The Morgan fingerprint density at radius 2 is 2.19 bits per heavy atom. The van der Waals surface area contributed by atoms with E-state index >= 15 is 0 Å². The average molecular weight is 307 g/mol. The third-order valence-electron chi connectivity index (χ3n) is 3.63. The molecule has 0 bridgehead atoms. The number of carbonyl (C=O) groups is 1. The number of aliphatic hydroxyl groups excluding tert-OH is 2. The Balaban J connectivity index is 2.04. The topological polar surface area (TPSA) is 60.8 Å². The second-order valence-electron chi connectivity index (χ2n) is 5.14. The van der Waals surface area contributed by atoms with Crippen molar-refractivity contribution in [2.24, 2.45) is 0 Å². The van der Waals surface area contributed by atoms with E-state index in [1.807, 2.05) is 16.3 Å². The molecule has 0 radical (unpaired) electrons. The van der Waals surface area contributed by atoms with Crippen LogP contribution in [0.1, 0.15) is 47.3 Å². The molecule has 1 heterocycles. The third kappa shape index (κ3) is 4.31. The predicted octanol–water partition coefficient (Wildman–Crippen LogP) is 1.86. The van der Waals surface area contributed by atoms with Crippen molar-refractivity contribution in [3.8, 4) is 11.8 Å². The van der Waals surface area contributed by atoms with Crippen molar-refractivity contribution in [1.29, 1.82) is 0 Å². The van der Waals surface area contributed by atoms with Gasteiger partial charge in [-0.2, -0.15) is 0 Å². The number of amides is 1. The highest BCUT2D eigenvalue weighted by atomic mass is 32.1. The molecule has 21 heavy (non-hydrogen) atoms. The highest BCUT2D eigenvalue weighted by Crippen LogP contribution is 2.27. The van der Waals surface area contributed by atoms with Crippen molar-refractivity contribution in [3.05, 3.63) is 21.9 Å². The summed E-state index contributed by atoms with van der Waals surface area (Å²) in [6.07, 6.45) is 4.37. The van der Waals surface area contributed by atoms with E-state index < -0.39 is 0 Å². The number of carbonyl (C=O) groups excluding carboxylic acids is 1. The van der Waals surface area contributed by atoms with Gasteiger partial charge in [-0.3, -0.25) is 4.79 Å². The van der Waals surface area contributed by atoms with Gasteiger partial charge in [-0.25, -0.2) is 0 Å². The van der Waals surface area contributed by atoms with Gasteiger partial charge in [0.25, 0.3) is 5.91 Å². The minimum Gasteiger partial charge on any atom is -0.396 e. The number of hydrogen-bond acceptors (Lipinski definition) is 4. The monoisotopic (exact) mass is 307 g/mol. The molecule has 2 rings (SSSR count). The summed E-state index contributed by atoms with van der Waals surface area (Å²) in [5.74, 6) is 5.86. The Labute approximate surface area is 129 Å². The van der Waals surface area contributed by atoms with Crippen molar-refractivity contribution >= 4 is 17.2 Å². The molecule has 114 valence electrons. The lowest BCUT2D eigenvalue weighted by atomic mass is 9.91. The standard InChI is InChI=1S/C16H21NO3S/c18-9-2-1-7-15-11-13(12-21-15)16(20)17(8-4-10-19)14-5-3-6-14/h11-12,14,18-19H,2-6,8-10H2. The van der Waals surface area contributed by atoms with E-state index in [1.165, 1.54) is 17.8 Å². The molecule has 0 atom stereocenters. The van der Waals surface area contributed by atoms with E-state index in [0.717, 1.165) is 17.7 Å². The highest BCUT2D eigenvalue weighted by molar-refractivity contribution is 7.10. The fourth-order valence-corrected chi connectivity index (χ4v) is 3.02. The van der Waals surface area contributed by atoms with Crippen LogP contribution in [0.4, 0.5) is 0 Å². The molecule has 0 spiro atoms. The van der Waals surface area contributed by atoms with E-state index in [0.29, 0.717) is 31.0 Å². The van der Waals surface area contributed by atoms with Crippen LogP contribution in [0.5, 0.6) is 0 Å². The van der Waals surface area contributed by atoms with Crippen LogP contribution in [0.25, 0.3) is 0 Å². The van der Waals surface area contributed by atoms with E-state index in [-0.39, 0.29) is 19.1 Å². The lowest BCUT2D eigenvalue weighted by Gasteiger charge is -2.37. The molecule has 1 aliphatic rings. The molecule has 0 unspecified atom stereocenters. The quantitative estimate of drug-likeness (QED) is 0.789. The molecule has 1 aromatic rings. The predicted molar refractivity (Wildman–Crippen MR) is 83.3 cm³/mol. The van der Waals surface area contributed by atoms with Gasteiger partial charge in [0.1, 0.15) is 0 Å². The summed E-state index contributed by atoms with van der Waals surface area (Å²) in [5.41, 5.74) is 0.679. The van der Waals surface area contributed by atoms with Gasteiger partial charge in [0.2, 0.25) is 0 Å². The summed E-state index contributed by atoms with van der Waals surface area (Å²) in [6.45, 7) is 0.778. The fraction of sp³-hybridized carbons (Fsp3) is 0.562. The number of rotatable bonds is 6. The molecule has 5 heteroatoms. The van der Waals surface area contributed by atoms with Crippen LogP contribution in [0.3, 0.4) is 0 Å². The molecule has 0 aliphatic heterocycles. The molecule has 4 nitrogen and oxygen atoms in total. The Morgan fingerprint density at radius 3 is 2.81 bits per heavy atom. The summed E-state index contributed by atoms with van der Waals surface area (Å²) in [7, 11) is 0. The highest BCUT2D eigenvalue weighted by Gasteiger charge is 2.29. The molecule has 1 aromatic heterocycles. The summed E-state index contributed by atoms with van der Waals surface area (Å²) in [6, 6.07) is 2.15. The van der Waals surface area contributed by atoms with Crippen molar-refractivity contribution in [2.75, 3.05) is 19.8 Å². The van der Waals surface area contributed by atoms with Crippen LogP contribution < -0.4 is 0 Å². The summed E-state index contributed by atoms with van der Waals surface area (Å²) >= 11 is 1.45. The molecule has 0 saturated heterocycles. The van der Waals surface area contributed by atoms with E-state index in [4.69, 9.17) is 10.2 Å². The Hall–Kier alpha value is -1.35. The van der Waals surface area contributed by atoms with Crippen molar-refractivity contribution in [3.63, 3.8) is 0 Å². The Kier molecular flexibility index (Phi) is 6.24. The first-order chi connectivity index (χ1) is 10.3. The Bertz CT molecular complexity index is 525. The number of hydrogen-bond donors (Lipinski definition) is 2. The summed E-state index contributed by atoms with van der Waals surface area (Å²) in [4.78, 5) is 15.3. The zero-order valence-corrected chi connectivity index (χ0v) is 12.9. The summed E-state index contributed by atoms with van der Waals surface area (Å²) < 4.78 is 0. The zero-order chi connectivity index (χ0) is 15.1. The van der Waals surface area contributed by atoms with Gasteiger partial charge in [0.15, 0.2) is 0 Å². The first-order valence-corrected chi connectivity index (χ1v) is 8.24. The maximum Gasteiger partial charge on any atom is 0.254 e. The lowest BCUT2D eigenvalue weighted by molar-refractivity contribution is 0.0563. The van der Waals surface area contributed by atoms with Crippen molar-refractivity contribution in [1.82, 2.24) is 4.90 Å². The van der Waals surface area contributed by atoms with E-state index in [1.54, 1.807) is 0 Å². The van der Waals surface area contributed by atoms with Gasteiger partial charge in [-0.05, 0) is 31.7 Å². The van der Waals surface area contributed by atoms with Crippen LogP contribution in [0.2, 0.25) is 0 Å². The minimum absolute atomic E-state index is 0.0413. The van der Waals surface area contributed by atoms with Gasteiger partial charge in [-0.1, -0.05) is 11.8 Å². The van der Waals surface area contributed by atoms with Crippen molar-refractivity contribution < 1.29 is 15.0 Å². The molecule has 1 fully saturated rings. The number of nitrogens with zero attached hydrogens (tertiary/aromatic N) is 1. The van der Waals surface area contributed by atoms with Crippen LogP contribution in [0.15, 0.2) is 11.4 Å². The zero-order valence-electron chi connectivity index (χ0n) is 12.0. The largest absolute Gasteiger partial charge is 0.396 e. The van der Waals surface area contributed by atoms with Gasteiger partial charge in [0, 0.05) is 31.0 Å². The maximum atomic E-state index is 12.6. The first kappa shape index (κ1) is 16.0. The van der Waals surface area contributed by atoms with E-state index in [2.05, 4.69) is 11.8 Å². The SMILES string of the molecule is O=C(c1csc(C#CCCO)c1)N(CCCO)C1CCC1. The van der Waals surface area contributed by atoms with E-state index in [9.17, 15) is 4.79 Å². The molecular weight excluding hydrogens is 286 g/mol. The lowest BCUT2D eigenvalue weighted by Crippen LogP contribution is -2.44. The second kappa shape index (κ2) is 8.18.